The van der Waals surface area contributed by atoms with Crippen LogP contribution in [0.15, 0.2) is 54.6 Å². The number of carbonyl (C=O) groups is 2. The van der Waals surface area contributed by atoms with E-state index in [0.29, 0.717) is 24.4 Å². The number of hydrogen-bond donors (Lipinski definition) is 2. The minimum absolute atomic E-state index is 0.122. The molecule has 2 rings (SSSR count). The number of rotatable bonds is 9. The topological polar surface area (TPSA) is 67.4 Å². The quantitative estimate of drug-likeness (QED) is 0.663. The normalized spacial score (nSPS) is 11.6. The second-order valence-electron chi connectivity index (χ2n) is 5.72. The Morgan fingerprint density at radius 3 is 2.50 bits per heavy atom. The van der Waals surface area contributed by atoms with Crippen LogP contribution >= 0.6 is 11.8 Å². The van der Waals surface area contributed by atoms with E-state index in [1.54, 1.807) is 43.1 Å². The molecule has 0 aliphatic rings. The summed E-state index contributed by atoms with van der Waals surface area (Å²) in [4.78, 5) is 24.8. The van der Waals surface area contributed by atoms with E-state index in [2.05, 4.69) is 10.6 Å². The summed E-state index contributed by atoms with van der Waals surface area (Å²) in [5.74, 6) is 0.403. The first-order valence-corrected chi connectivity index (χ1v) is 9.49. The molecular weight excluding hydrogens is 348 g/mol. The summed E-state index contributed by atoms with van der Waals surface area (Å²) in [6, 6.07) is 17.0. The molecule has 0 saturated heterocycles. The Labute approximate surface area is 158 Å². The smallest absolute Gasteiger partial charge is 0.253 e. The third-order valence-electron chi connectivity index (χ3n) is 3.73. The van der Waals surface area contributed by atoms with Crippen LogP contribution in [0.25, 0.3) is 0 Å². The highest BCUT2D eigenvalue weighted by Gasteiger charge is 2.17. The summed E-state index contributed by atoms with van der Waals surface area (Å²) in [6.45, 7) is 2.72. The number of anilines is 1. The van der Waals surface area contributed by atoms with Crippen LogP contribution < -0.4 is 10.6 Å². The molecular formula is C20H24N2O3S. The number of ether oxygens (including phenoxy) is 1. The van der Waals surface area contributed by atoms with Gasteiger partial charge in [-0.1, -0.05) is 42.5 Å². The van der Waals surface area contributed by atoms with E-state index in [1.807, 2.05) is 37.3 Å². The maximum absolute atomic E-state index is 12.5. The molecule has 0 aliphatic heterocycles. The lowest BCUT2D eigenvalue weighted by atomic mass is 10.1. The Bertz CT molecular complexity index is 722. The van der Waals surface area contributed by atoms with Crippen molar-refractivity contribution < 1.29 is 14.3 Å². The highest BCUT2D eigenvalue weighted by Crippen LogP contribution is 2.21. The summed E-state index contributed by atoms with van der Waals surface area (Å²) < 4.78 is 4.93. The summed E-state index contributed by atoms with van der Waals surface area (Å²) in [7, 11) is 1.58. The zero-order valence-electron chi connectivity index (χ0n) is 15.0. The van der Waals surface area contributed by atoms with E-state index in [4.69, 9.17) is 4.74 Å². The SMILES string of the molecule is COCCNC(=O)c1ccccc1NC(=O)[C@H](C)SCc1ccccc1. The number of thioether (sulfide) groups is 1. The number of para-hydroxylation sites is 1. The van der Waals surface area contributed by atoms with E-state index in [-0.39, 0.29) is 17.1 Å². The van der Waals surface area contributed by atoms with Gasteiger partial charge in [0.1, 0.15) is 0 Å². The standard InChI is InChI=1S/C20H24N2O3S/c1-15(26-14-16-8-4-3-5-9-16)19(23)22-18-11-7-6-10-17(18)20(24)21-12-13-25-2/h3-11,15H,12-14H2,1-2H3,(H,21,24)(H,22,23)/t15-/m0/s1. The lowest BCUT2D eigenvalue weighted by molar-refractivity contribution is -0.115. The average molecular weight is 372 g/mol. The third kappa shape index (κ3) is 6.20. The Kier molecular flexibility index (Phi) is 8.18. The molecule has 0 saturated carbocycles. The van der Waals surface area contributed by atoms with Gasteiger partial charge in [-0.25, -0.2) is 0 Å². The van der Waals surface area contributed by atoms with Crippen LogP contribution in [0.2, 0.25) is 0 Å². The second kappa shape index (κ2) is 10.6. The van der Waals surface area contributed by atoms with Gasteiger partial charge < -0.3 is 15.4 Å². The number of methoxy groups -OCH3 is 1. The molecule has 0 bridgehead atoms. The Hall–Kier alpha value is -2.31. The minimum atomic E-state index is -0.236. The maximum atomic E-state index is 12.5. The molecule has 2 aromatic rings. The van der Waals surface area contributed by atoms with Gasteiger partial charge in [-0.05, 0) is 24.6 Å². The van der Waals surface area contributed by atoms with Gasteiger partial charge in [-0.15, -0.1) is 11.8 Å². The van der Waals surface area contributed by atoms with Gasteiger partial charge in [0.2, 0.25) is 5.91 Å². The molecule has 0 spiro atoms. The summed E-state index contributed by atoms with van der Waals surface area (Å²) in [6.07, 6.45) is 0. The molecule has 5 nitrogen and oxygen atoms in total. The van der Waals surface area contributed by atoms with Gasteiger partial charge >= 0.3 is 0 Å². The molecule has 0 aliphatic carbocycles. The lowest BCUT2D eigenvalue weighted by Gasteiger charge is -2.15. The van der Waals surface area contributed by atoms with Crippen molar-refractivity contribution in [1.29, 1.82) is 0 Å². The van der Waals surface area contributed by atoms with Crippen molar-refractivity contribution in [2.75, 3.05) is 25.6 Å². The van der Waals surface area contributed by atoms with Crippen LogP contribution in [0.1, 0.15) is 22.8 Å². The molecule has 0 radical (unpaired) electrons. The number of benzene rings is 2. The maximum Gasteiger partial charge on any atom is 0.253 e. The minimum Gasteiger partial charge on any atom is -0.383 e. The number of nitrogens with one attached hydrogen (secondary N) is 2. The molecule has 6 heteroatoms. The monoisotopic (exact) mass is 372 g/mol. The average Bonchev–Trinajstić information content (AvgIpc) is 2.67. The molecule has 0 aromatic heterocycles. The molecule has 2 amide bonds. The van der Waals surface area contributed by atoms with E-state index in [0.717, 1.165) is 5.75 Å². The number of amides is 2. The summed E-state index contributed by atoms with van der Waals surface area (Å²) in [5, 5.41) is 5.40. The lowest BCUT2D eigenvalue weighted by Crippen LogP contribution is -2.29. The van der Waals surface area contributed by atoms with Crippen LogP contribution in [0.4, 0.5) is 5.69 Å². The molecule has 0 unspecified atom stereocenters. The van der Waals surface area contributed by atoms with E-state index < -0.39 is 0 Å². The summed E-state index contributed by atoms with van der Waals surface area (Å²) in [5.41, 5.74) is 2.13. The van der Waals surface area contributed by atoms with Crippen LogP contribution in [-0.2, 0) is 15.3 Å². The molecule has 0 fully saturated rings. The van der Waals surface area contributed by atoms with Gasteiger partial charge in [0, 0.05) is 19.4 Å². The van der Waals surface area contributed by atoms with Gasteiger partial charge in [0.25, 0.3) is 5.91 Å². The predicted octanol–water partition coefficient (Wildman–Crippen LogP) is 3.32. The first-order chi connectivity index (χ1) is 12.6. The first kappa shape index (κ1) is 20.0. The largest absolute Gasteiger partial charge is 0.383 e. The Morgan fingerprint density at radius 2 is 1.77 bits per heavy atom. The fourth-order valence-electron chi connectivity index (χ4n) is 2.26. The Balaban J connectivity index is 1.94. The van der Waals surface area contributed by atoms with E-state index >= 15 is 0 Å². The first-order valence-electron chi connectivity index (χ1n) is 8.44. The summed E-state index contributed by atoms with van der Waals surface area (Å²) >= 11 is 1.56. The van der Waals surface area contributed by atoms with Crippen molar-refractivity contribution in [2.45, 2.75) is 17.9 Å². The van der Waals surface area contributed by atoms with E-state index in [1.165, 1.54) is 5.56 Å². The zero-order chi connectivity index (χ0) is 18.8. The Morgan fingerprint density at radius 1 is 1.08 bits per heavy atom. The van der Waals surface area contributed by atoms with Crippen molar-refractivity contribution in [2.24, 2.45) is 0 Å². The highest BCUT2D eigenvalue weighted by atomic mass is 32.2. The van der Waals surface area contributed by atoms with Crippen LogP contribution in [-0.4, -0.2) is 37.3 Å². The molecule has 2 N–H and O–H groups in total. The molecule has 26 heavy (non-hydrogen) atoms. The fourth-order valence-corrected chi connectivity index (χ4v) is 3.10. The molecule has 1 atom stereocenters. The molecule has 2 aromatic carbocycles. The predicted molar refractivity (Wildman–Crippen MR) is 106 cm³/mol. The molecule has 0 heterocycles. The third-order valence-corrected chi connectivity index (χ3v) is 4.95. The van der Waals surface area contributed by atoms with Crippen LogP contribution in [0, 0.1) is 0 Å². The zero-order valence-corrected chi connectivity index (χ0v) is 15.8. The van der Waals surface area contributed by atoms with E-state index in [9.17, 15) is 9.59 Å². The number of hydrogen-bond acceptors (Lipinski definition) is 4. The molecule has 138 valence electrons. The van der Waals surface area contributed by atoms with Gasteiger partial charge in [-0.3, -0.25) is 9.59 Å². The highest BCUT2D eigenvalue weighted by molar-refractivity contribution is 7.99. The van der Waals surface area contributed by atoms with Crippen molar-refractivity contribution in [3.05, 3.63) is 65.7 Å². The van der Waals surface area contributed by atoms with Gasteiger partial charge in [0.15, 0.2) is 0 Å². The number of carbonyl (C=O) groups excluding carboxylic acids is 2. The van der Waals surface area contributed by atoms with Crippen molar-refractivity contribution in [3.8, 4) is 0 Å². The van der Waals surface area contributed by atoms with Crippen molar-refractivity contribution >= 4 is 29.3 Å². The van der Waals surface area contributed by atoms with Crippen molar-refractivity contribution in [1.82, 2.24) is 5.32 Å². The van der Waals surface area contributed by atoms with Gasteiger partial charge in [-0.2, -0.15) is 0 Å². The van der Waals surface area contributed by atoms with Crippen LogP contribution in [0.3, 0.4) is 0 Å². The second-order valence-corrected chi connectivity index (χ2v) is 7.05. The van der Waals surface area contributed by atoms with Crippen molar-refractivity contribution in [3.63, 3.8) is 0 Å². The van der Waals surface area contributed by atoms with Gasteiger partial charge in [0.05, 0.1) is 23.1 Å². The van der Waals surface area contributed by atoms with Crippen LogP contribution in [0.5, 0.6) is 0 Å². The fraction of sp³-hybridized carbons (Fsp3) is 0.300.